The van der Waals surface area contributed by atoms with Crippen LogP contribution in [0.2, 0.25) is 0 Å². The highest BCUT2D eigenvalue weighted by Crippen LogP contribution is 2.12. The van der Waals surface area contributed by atoms with Crippen LogP contribution in [-0.2, 0) is 4.74 Å². The number of hydrogen-bond donors (Lipinski definition) is 1. The Morgan fingerprint density at radius 1 is 1.39 bits per heavy atom. The highest BCUT2D eigenvalue weighted by Gasteiger charge is 2.18. The van der Waals surface area contributed by atoms with Crippen LogP contribution in [0.1, 0.15) is 0 Å². The molecule has 1 atom stereocenters. The summed E-state index contributed by atoms with van der Waals surface area (Å²) in [6, 6.07) is 3.75. The Morgan fingerprint density at radius 3 is 3.22 bits per heavy atom. The number of fused-ring (bicyclic) bond motifs is 1. The van der Waals surface area contributed by atoms with Gasteiger partial charge in [-0.1, -0.05) is 11.6 Å². The number of morpholine rings is 1. The lowest BCUT2D eigenvalue weighted by Crippen LogP contribution is -2.43. The fourth-order valence-corrected chi connectivity index (χ4v) is 2.03. The van der Waals surface area contributed by atoms with Crippen molar-refractivity contribution < 1.29 is 4.74 Å². The van der Waals surface area contributed by atoms with Gasteiger partial charge in [0.25, 0.3) is 0 Å². The number of alkyl halides is 1. The Balaban J connectivity index is 1.78. The number of anilines is 1. The second kappa shape index (κ2) is 5.01. The van der Waals surface area contributed by atoms with Crippen molar-refractivity contribution in [3.8, 4) is 0 Å². The number of hydrogen-bond acceptors (Lipinski definition) is 6. The van der Waals surface area contributed by atoms with Crippen LogP contribution in [-0.4, -0.2) is 45.2 Å². The molecule has 0 radical (unpaired) electrons. The zero-order valence-electron chi connectivity index (χ0n) is 9.58. The molecule has 94 valence electrons. The van der Waals surface area contributed by atoms with Crippen molar-refractivity contribution in [3.63, 3.8) is 0 Å². The molecule has 1 aliphatic heterocycles. The van der Waals surface area contributed by atoms with Gasteiger partial charge >= 0.3 is 0 Å². The van der Waals surface area contributed by atoms with E-state index in [0.29, 0.717) is 19.1 Å². The van der Waals surface area contributed by atoms with Gasteiger partial charge in [-0.25, -0.2) is 15.0 Å². The van der Waals surface area contributed by atoms with Gasteiger partial charge in [-0.05, 0) is 12.1 Å². The third kappa shape index (κ3) is 2.50. The lowest BCUT2D eigenvalue weighted by atomic mass is 10.4. The van der Waals surface area contributed by atoms with E-state index in [1.54, 1.807) is 12.4 Å². The molecule has 0 aromatic carbocycles. The number of nitrogens with zero attached hydrogens (tertiary/aromatic N) is 4. The third-order valence-electron chi connectivity index (χ3n) is 2.63. The molecule has 7 heteroatoms. The van der Waals surface area contributed by atoms with Crippen LogP contribution >= 0.6 is 11.6 Å². The molecular formula is C11H12ClN5O. The van der Waals surface area contributed by atoms with Gasteiger partial charge in [0.15, 0.2) is 0 Å². The summed E-state index contributed by atoms with van der Waals surface area (Å²) in [5, 5.41) is 1.94. The minimum Gasteiger partial charge on any atom is -0.360 e. The molecule has 1 fully saturated rings. The normalized spacial score (nSPS) is 21.1. The van der Waals surface area contributed by atoms with Crippen molar-refractivity contribution in [1.82, 2.24) is 20.0 Å². The molecule has 2 aromatic heterocycles. The number of hydrazine groups is 1. The van der Waals surface area contributed by atoms with Crippen molar-refractivity contribution in [2.45, 2.75) is 5.56 Å². The van der Waals surface area contributed by atoms with E-state index < -0.39 is 0 Å². The Labute approximate surface area is 109 Å². The smallest absolute Gasteiger partial charge is 0.238 e. The third-order valence-corrected chi connectivity index (χ3v) is 2.90. The largest absolute Gasteiger partial charge is 0.360 e. The summed E-state index contributed by atoms with van der Waals surface area (Å²) in [7, 11) is 0. The van der Waals surface area contributed by atoms with E-state index in [1.165, 1.54) is 0 Å². The summed E-state index contributed by atoms with van der Waals surface area (Å²) in [4.78, 5) is 12.8. The molecular weight excluding hydrogens is 254 g/mol. The number of ether oxygens (including phenoxy) is 1. The van der Waals surface area contributed by atoms with Crippen LogP contribution < -0.4 is 5.43 Å². The molecule has 0 amide bonds. The lowest BCUT2D eigenvalue weighted by Gasteiger charge is -2.29. The summed E-state index contributed by atoms with van der Waals surface area (Å²) < 4.78 is 5.25. The molecule has 0 spiro atoms. The maximum Gasteiger partial charge on any atom is 0.238 e. The van der Waals surface area contributed by atoms with E-state index in [0.717, 1.165) is 17.6 Å². The number of nitrogens with one attached hydrogen (secondary N) is 1. The molecule has 1 N–H and O–H groups in total. The van der Waals surface area contributed by atoms with Gasteiger partial charge in [0.05, 0.1) is 24.9 Å². The molecule has 1 unspecified atom stereocenters. The fourth-order valence-electron chi connectivity index (χ4n) is 1.77. The van der Waals surface area contributed by atoms with E-state index in [-0.39, 0.29) is 5.56 Å². The van der Waals surface area contributed by atoms with Crippen LogP contribution in [0.5, 0.6) is 0 Å². The van der Waals surface area contributed by atoms with Crippen molar-refractivity contribution in [2.24, 2.45) is 0 Å². The Hall–Kier alpha value is -1.50. The molecule has 18 heavy (non-hydrogen) atoms. The van der Waals surface area contributed by atoms with E-state index >= 15 is 0 Å². The lowest BCUT2D eigenvalue weighted by molar-refractivity contribution is 0.0244. The summed E-state index contributed by atoms with van der Waals surface area (Å²) in [6.45, 7) is 1.93. The molecule has 3 rings (SSSR count). The van der Waals surface area contributed by atoms with E-state index in [1.807, 2.05) is 17.1 Å². The SMILES string of the molecule is ClC1CN(Nc2ncc3ncccc3n2)CCO1. The molecule has 6 nitrogen and oxygen atoms in total. The molecule has 1 aliphatic rings. The average molecular weight is 266 g/mol. The molecule has 0 aliphatic carbocycles. The molecule has 1 saturated heterocycles. The number of pyridine rings is 1. The van der Waals surface area contributed by atoms with Gasteiger partial charge in [-0.15, -0.1) is 0 Å². The first-order valence-corrected chi connectivity index (χ1v) is 6.10. The van der Waals surface area contributed by atoms with Crippen molar-refractivity contribution in [2.75, 3.05) is 25.1 Å². The highest BCUT2D eigenvalue weighted by molar-refractivity contribution is 6.19. The van der Waals surface area contributed by atoms with Crippen LogP contribution in [0.4, 0.5) is 5.95 Å². The van der Waals surface area contributed by atoms with Gasteiger partial charge < -0.3 is 4.74 Å². The van der Waals surface area contributed by atoms with Gasteiger partial charge in [-0.2, -0.15) is 0 Å². The fraction of sp³-hybridized carbons (Fsp3) is 0.364. The predicted octanol–water partition coefficient (Wildman–Crippen LogP) is 1.25. The zero-order valence-corrected chi connectivity index (χ0v) is 10.3. The van der Waals surface area contributed by atoms with Crippen LogP contribution in [0.15, 0.2) is 24.5 Å². The molecule has 3 heterocycles. The molecule has 0 saturated carbocycles. The quantitative estimate of drug-likeness (QED) is 0.825. The minimum absolute atomic E-state index is 0.298. The zero-order chi connectivity index (χ0) is 12.4. The van der Waals surface area contributed by atoms with Crippen molar-refractivity contribution >= 4 is 28.6 Å². The topological polar surface area (TPSA) is 63.2 Å². The number of aromatic nitrogens is 3. The van der Waals surface area contributed by atoms with Crippen molar-refractivity contribution in [3.05, 3.63) is 24.5 Å². The first kappa shape index (κ1) is 11.6. The number of rotatable bonds is 2. The Kier molecular flexibility index (Phi) is 3.22. The highest BCUT2D eigenvalue weighted by atomic mass is 35.5. The maximum atomic E-state index is 5.92. The van der Waals surface area contributed by atoms with Crippen molar-refractivity contribution in [1.29, 1.82) is 0 Å². The summed E-state index contributed by atoms with van der Waals surface area (Å²) in [5.74, 6) is 0.543. The molecule has 0 bridgehead atoms. The maximum absolute atomic E-state index is 5.92. The van der Waals surface area contributed by atoms with Crippen LogP contribution in [0, 0.1) is 0 Å². The second-order valence-electron chi connectivity index (χ2n) is 3.94. The van der Waals surface area contributed by atoms with Gasteiger partial charge in [0.2, 0.25) is 5.95 Å². The second-order valence-corrected chi connectivity index (χ2v) is 4.43. The monoisotopic (exact) mass is 265 g/mol. The number of halogens is 1. The van der Waals surface area contributed by atoms with E-state index in [2.05, 4.69) is 20.4 Å². The van der Waals surface area contributed by atoms with Gasteiger partial charge in [0.1, 0.15) is 11.1 Å². The van der Waals surface area contributed by atoms with Gasteiger partial charge in [0, 0.05) is 12.7 Å². The predicted molar refractivity (Wildman–Crippen MR) is 68.1 cm³/mol. The standard InChI is InChI=1S/C11H12ClN5O/c12-10-7-17(4-5-18-10)16-11-14-6-9-8(15-11)2-1-3-13-9/h1-3,6,10H,4-5,7H2,(H,14,15,16). The van der Waals surface area contributed by atoms with Crippen LogP contribution in [0.3, 0.4) is 0 Å². The Bertz CT molecular complexity index is 552. The summed E-state index contributed by atoms with van der Waals surface area (Å²) in [5.41, 5.74) is 4.41. The summed E-state index contributed by atoms with van der Waals surface area (Å²) >= 11 is 5.92. The van der Waals surface area contributed by atoms with Gasteiger partial charge in [-0.3, -0.25) is 10.4 Å². The molecule has 2 aromatic rings. The minimum atomic E-state index is -0.298. The van der Waals surface area contributed by atoms with E-state index in [9.17, 15) is 0 Å². The first-order chi connectivity index (χ1) is 8.81. The van der Waals surface area contributed by atoms with E-state index in [4.69, 9.17) is 16.3 Å². The van der Waals surface area contributed by atoms with Crippen LogP contribution in [0.25, 0.3) is 11.0 Å². The Morgan fingerprint density at radius 2 is 2.33 bits per heavy atom. The first-order valence-electron chi connectivity index (χ1n) is 5.66. The average Bonchev–Trinajstić information content (AvgIpc) is 2.39. The summed E-state index contributed by atoms with van der Waals surface area (Å²) in [6.07, 6.45) is 3.42.